The fourth-order valence-electron chi connectivity index (χ4n) is 1.30. The first-order valence-corrected chi connectivity index (χ1v) is 5.18. The van der Waals surface area contributed by atoms with E-state index in [1.165, 1.54) is 0 Å². The Morgan fingerprint density at radius 2 is 2.20 bits per heavy atom. The van der Waals surface area contributed by atoms with E-state index in [4.69, 9.17) is 9.47 Å². The van der Waals surface area contributed by atoms with Crippen molar-refractivity contribution in [2.45, 2.75) is 51.9 Å². The average Bonchev–Trinajstić information content (AvgIpc) is 2.05. The Morgan fingerprint density at radius 3 is 2.73 bits per heavy atom. The number of carbonyl (C=O) groups excluding carboxylic acids is 1. The smallest absolute Gasteiger partial charge is 0.408 e. The molecule has 0 radical (unpaired) electrons. The quantitative estimate of drug-likeness (QED) is 0.726. The Bertz CT molecular complexity index is 255. The first-order chi connectivity index (χ1) is 6.88. The predicted molar refractivity (Wildman–Crippen MR) is 57.5 cm³/mol. The van der Waals surface area contributed by atoms with Crippen LogP contribution in [-0.2, 0) is 9.47 Å². The lowest BCUT2D eigenvalue weighted by atomic mass is 10.1. The fraction of sp³-hybridized carbons (Fsp3) is 0.727. The zero-order valence-corrected chi connectivity index (χ0v) is 9.74. The Kier molecular flexibility index (Phi) is 3.61. The van der Waals surface area contributed by atoms with Gasteiger partial charge in [0.1, 0.15) is 11.7 Å². The third kappa shape index (κ3) is 4.23. The van der Waals surface area contributed by atoms with Gasteiger partial charge in [-0.1, -0.05) is 0 Å². The number of hydrogen-bond donors (Lipinski definition) is 1. The van der Waals surface area contributed by atoms with Crippen molar-refractivity contribution in [2.24, 2.45) is 0 Å². The van der Waals surface area contributed by atoms with E-state index in [-0.39, 0.29) is 12.1 Å². The Labute approximate surface area is 90.6 Å². The molecule has 1 aliphatic heterocycles. The highest BCUT2D eigenvalue weighted by atomic mass is 16.6. The van der Waals surface area contributed by atoms with Crippen molar-refractivity contribution in [1.29, 1.82) is 0 Å². The van der Waals surface area contributed by atoms with Gasteiger partial charge in [-0.15, -0.1) is 0 Å². The molecule has 0 bridgehead atoms. The van der Waals surface area contributed by atoms with E-state index in [0.29, 0.717) is 0 Å². The van der Waals surface area contributed by atoms with Crippen LogP contribution >= 0.6 is 0 Å². The lowest BCUT2D eigenvalue weighted by molar-refractivity contribution is 0.0403. The van der Waals surface area contributed by atoms with E-state index in [9.17, 15) is 4.79 Å². The number of alkyl carbamates (subject to hydrolysis) is 1. The minimum absolute atomic E-state index is 0.00940. The second-order valence-electron chi connectivity index (χ2n) is 4.70. The molecular formula is C11H19NO3. The molecule has 0 saturated carbocycles. The van der Waals surface area contributed by atoms with E-state index in [2.05, 4.69) is 5.32 Å². The molecule has 0 aliphatic carbocycles. The molecule has 2 atom stereocenters. The molecule has 86 valence electrons. The van der Waals surface area contributed by atoms with Crippen LogP contribution in [0.1, 0.15) is 34.1 Å². The van der Waals surface area contributed by atoms with E-state index in [1.54, 1.807) is 6.26 Å². The summed E-state index contributed by atoms with van der Waals surface area (Å²) in [5.41, 5.74) is -0.460. The van der Waals surface area contributed by atoms with Crippen LogP contribution in [0.5, 0.6) is 0 Å². The van der Waals surface area contributed by atoms with E-state index in [1.807, 2.05) is 33.8 Å². The minimum atomic E-state index is -0.460. The molecule has 0 fully saturated rings. The highest BCUT2D eigenvalue weighted by Gasteiger charge is 2.24. The van der Waals surface area contributed by atoms with Crippen LogP contribution in [0.15, 0.2) is 12.3 Å². The summed E-state index contributed by atoms with van der Waals surface area (Å²) in [6, 6.07) is -0.00940. The number of rotatable bonds is 1. The topological polar surface area (TPSA) is 47.6 Å². The molecule has 0 spiro atoms. The third-order valence-electron chi connectivity index (χ3n) is 2.05. The molecule has 0 saturated heterocycles. The van der Waals surface area contributed by atoms with Crippen LogP contribution in [0.3, 0.4) is 0 Å². The molecule has 1 N–H and O–H groups in total. The highest BCUT2D eigenvalue weighted by Crippen LogP contribution is 2.12. The number of amides is 1. The summed E-state index contributed by atoms with van der Waals surface area (Å²) >= 11 is 0. The van der Waals surface area contributed by atoms with Gasteiger partial charge in [-0.05, 0) is 40.2 Å². The summed E-state index contributed by atoms with van der Waals surface area (Å²) in [7, 11) is 0. The number of carbonyl (C=O) groups is 1. The molecule has 0 unspecified atom stereocenters. The normalized spacial score (nSPS) is 25.6. The first kappa shape index (κ1) is 11.9. The molecular weight excluding hydrogens is 194 g/mol. The molecule has 1 heterocycles. The van der Waals surface area contributed by atoms with Crippen LogP contribution in [0, 0.1) is 0 Å². The monoisotopic (exact) mass is 213 g/mol. The summed E-state index contributed by atoms with van der Waals surface area (Å²) in [6.07, 6.45) is 3.93. The van der Waals surface area contributed by atoms with Crippen LogP contribution < -0.4 is 5.32 Å². The summed E-state index contributed by atoms with van der Waals surface area (Å²) < 4.78 is 10.4. The zero-order valence-electron chi connectivity index (χ0n) is 9.74. The molecule has 15 heavy (non-hydrogen) atoms. The van der Waals surface area contributed by atoms with Crippen LogP contribution in [0.2, 0.25) is 0 Å². The van der Waals surface area contributed by atoms with Crippen molar-refractivity contribution in [1.82, 2.24) is 5.32 Å². The summed E-state index contributed by atoms with van der Waals surface area (Å²) in [5, 5.41) is 2.79. The van der Waals surface area contributed by atoms with Crippen molar-refractivity contribution >= 4 is 6.09 Å². The van der Waals surface area contributed by atoms with E-state index in [0.717, 1.165) is 6.42 Å². The van der Waals surface area contributed by atoms with Crippen molar-refractivity contribution in [3.63, 3.8) is 0 Å². The van der Waals surface area contributed by atoms with Gasteiger partial charge >= 0.3 is 6.09 Å². The van der Waals surface area contributed by atoms with Gasteiger partial charge in [0.2, 0.25) is 0 Å². The minimum Gasteiger partial charge on any atom is -0.497 e. The van der Waals surface area contributed by atoms with Crippen molar-refractivity contribution in [2.75, 3.05) is 0 Å². The summed E-state index contributed by atoms with van der Waals surface area (Å²) in [5.74, 6) is 0. The van der Waals surface area contributed by atoms with Crippen LogP contribution in [0.25, 0.3) is 0 Å². The summed E-state index contributed by atoms with van der Waals surface area (Å²) in [6.45, 7) is 7.44. The van der Waals surface area contributed by atoms with Gasteiger partial charge in [-0.2, -0.15) is 0 Å². The van der Waals surface area contributed by atoms with Gasteiger partial charge in [0.15, 0.2) is 0 Å². The standard InChI is InChI=1S/C11H19NO3/c1-8-9(6-5-7-14-8)12-10(13)15-11(2,3)4/h5,7-9H,6H2,1-4H3,(H,12,13)/t8-,9-/m0/s1. The molecule has 4 heteroatoms. The Hall–Kier alpha value is -1.19. The van der Waals surface area contributed by atoms with Crippen LogP contribution in [0.4, 0.5) is 4.79 Å². The largest absolute Gasteiger partial charge is 0.497 e. The number of hydrogen-bond acceptors (Lipinski definition) is 3. The first-order valence-electron chi connectivity index (χ1n) is 5.18. The predicted octanol–water partition coefficient (Wildman–Crippen LogP) is 2.20. The maximum atomic E-state index is 11.5. The number of nitrogens with one attached hydrogen (secondary N) is 1. The third-order valence-corrected chi connectivity index (χ3v) is 2.05. The van der Waals surface area contributed by atoms with E-state index >= 15 is 0 Å². The summed E-state index contributed by atoms with van der Waals surface area (Å²) in [4.78, 5) is 11.5. The Balaban J connectivity index is 2.41. The van der Waals surface area contributed by atoms with Crippen molar-refractivity contribution in [3.05, 3.63) is 12.3 Å². The second kappa shape index (κ2) is 4.55. The molecule has 4 nitrogen and oxygen atoms in total. The SMILES string of the molecule is C[C@@H]1OC=CC[C@@H]1NC(=O)OC(C)(C)C. The molecule has 1 aliphatic rings. The Morgan fingerprint density at radius 1 is 1.53 bits per heavy atom. The molecule has 0 aromatic rings. The molecule has 1 amide bonds. The lowest BCUT2D eigenvalue weighted by Gasteiger charge is -2.28. The molecule has 0 aromatic heterocycles. The van der Waals surface area contributed by atoms with Gasteiger partial charge in [0, 0.05) is 0 Å². The molecule has 0 aromatic carbocycles. The average molecular weight is 213 g/mol. The van der Waals surface area contributed by atoms with Gasteiger partial charge in [-0.3, -0.25) is 0 Å². The zero-order chi connectivity index (χ0) is 11.5. The maximum absolute atomic E-state index is 11.5. The van der Waals surface area contributed by atoms with E-state index < -0.39 is 11.7 Å². The van der Waals surface area contributed by atoms with Crippen molar-refractivity contribution < 1.29 is 14.3 Å². The van der Waals surface area contributed by atoms with Crippen LogP contribution in [-0.4, -0.2) is 23.8 Å². The van der Waals surface area contributed by atoms with Gasteiger partial charge in [0.05, 0.1) is 12.3 Å². The fourth-order valence-corrected chi connectivity index (χ4v) is 1.30. The number of ether oxygens (including phenoxy) is 2. The maximum Gasteiger partial charge on any atom is 0.408 e. The van der Waals surface area contributed by atoms with Gasteiger partial charge < -0.3 is 14.8 Å². The second-order valence-corrected chi connectivity index (χ2v) is 4.70. The molecule has 1 rings (SSSR count). The lowest BCUT2D eigenvalue weighted by Crippen LogP contribution is -2.45. The highest BCUT2D eigenvalue weighted by molar-refractivity contribution is 5.68. The van der Waals surface area contributed by atoms with Gasteiger partial charge in [-0.25, -0.2) is 4.79 Å². The van der Waals surface area contributed by atoms with Gasteiger partial charge in [0.25, 0.3) is 0 Å². The van der Waals surface area contributed by atoms with Crippen molar-refractivity contribution in [3.8, 4) is 0 Å².